The Labute approximate surface area is 418 Å². The van der Waals surface area contributed by atoms with Crippen LogP contribution in [-0.4, -0.2) is 37.2 Å². The standard InChI is InChI=1S/C61H116O6/c1-4-7-10-13-16-18-20-21-22-23-24-25-26-27-28-29-30-31-32-33-34-35-36-37-38-39-40-41-42-44-45-48-51-54-60(63)66-57-58(56-65-59(62)53-50-47-15-12-9-6-3)67-61(64)55-52-49-46-43-19-17-14-11-8-5-2/h23-24,58H,4-22,25-57H2,1-3H3/b24-23-. The van der Waals surface area contributed by atoms with Gasteiger partial charge in [-0.15, -0.1) is 0 Å². The van der Waals surface area contributed by atoms with Gasteiger partial charge in [0.15, 0.2) is 6.10 Å². The highest BCUT2D eigenvalue weighted by atomic mass is 16.6. The van der Waals surface area contributed by atoms with Crippen molar-refractivity contribution in [1.29, 1.82) is 0 Å². The Morgan fingerprint density at radius 1 is 0.284 bits per heavy atom. The Bertz CT molecular complexity index is 1040. The van der Waals surface area contributed by atoms with Crippen LogP contribution in [0.15, 0.2) is 12.2 Å². The lowest BCUT2D eigenvalue weighted by Crippen LogP contribution is -2.30. The van der Waals surface area contributed by atoms with E-state index in [9.17, 15) is 14.4 Å². The van der Waals surface area contributed by atoms with Crippen molar-refractivity contribution in [2.24, 2.45) is 0 Å². The molecule has 0 aromatic carbocycles. The van der Waals surface area contributed by atoms with Crippen LogP contribution in [0.2, 0.25) is 0 Å². The fourth-order valence-corrected chi connectivity index (χ4v) is 9.21. The van der Waals surface area contributed by atoms with Gasteiger partial charge in [-0.2, -0.15) is 0 Å². The van der Waals surface area contributed by atoms with Crippen LogP contribution in [-0.2, 0) is 28.6 Å². The molecule has 0 saturated heterocycles. The van der Waals surface area contributed by atoms with Gasteiger partial charge in [0, 0.05) is 19.3 Å². The largest absolute Gasteiger partial charge is 0.462 e. The number of unbranched alkanes of at least 4 members (excludes halogenated alkanes) is 43. The summed E-state index contributed by atoms with van der Waals surface area (Å²) in [5, 5.41) is 0. The lowest BCUT2D eigenvalue weighted by Gasteiger charge is -2.18. The number of allylic oxidation sites excluding steroid dienone is 2. The summed E-state index contributed by atoms with van der Waals surface area (Å²) in [6.07, 6.45) is 65.7. The lowest BCUT2D eigenvalue weighted by atomic mass is 10.0. The van der Waals surface area contributed by atoms with Gasteiger partial charge in [0.2, 0.25) is 0 Å². The predicted molar refractivity (Wildman–Crippen MR) is 289 cm³/mol. The van der Waals surface area contributed by atoms with Crippen molar-refractivity contribution in [3.63, 3.8) is 0 Å². The van der Waals surface area contributed by atoms with Crippen molar-refractivity contribution in [3.8, 4) is 0 Å². The number of hydrogen-bond donors (Lipinski definition) is 0. The smallest absolute Gasteiger partial charge is 0.306 e. The average Bonchev–Trinajstić information content (AvgIpc) is 3.33. The minimum absolute atomic E-state index is 0.0643. The van der Waals surface area contributed by atoms with E-state index in [1.165, 1.54) is 244 Å². The molecule has 0 fully saturated rings. The quantitative estimate of drug-likeness (QED) is 0.0262. The van der Waals surface area contributed by atoms with Crippen molar-refractivity contribution < 1.29 is 28.6 Å². The molecular formula is C61H116O6. The van der Waals surface area contributed by atoms with Crippen molar-refractivity contribution in [3.05, 3.63) is 12.2 Å². The van der Waals surface area contributed by atoms with E-state index >= 15 is 0 Å². The summed E-state index contributed by atoms with van der Waals surface area (Å²) in [6, 6.07) is 0. The maximum absolute atomic E-state index is 12.7. The van der Waals surface area contributed by atoms with Crippen molar-refractivity contribution in [2.45, 2.75) is 348 Å². The van der Waals surface area contributed by atoms with E-state index in [0.717, 1.165) is 57.8 Å². The number of hydrogen-bond acceptors (Lipinski definition) is 6. The van der Waals surface area contributed by atoms with E-state index in [-0.39, 0.29) is 31.1 Å². The lowest BCUT2D eigenvalue weighted by molar-refractivity contribution is -0.167. The first-order valence-electron chi connectivity index (χ1n) is 30.2. The van der Waals surface area contributed by atoms with Crippen LogP contribution in [0.4, 0.5) is 0 Å². The fraction of sp³-hybridized carbons (Fsp3) is 0.918. The summed E-state index contributed by atoms with van der Waals surface area (Å²) < 4.78 is 16.7. The molecule has 0 aliphatic rings. The predicted octanol–water partition coefficient (Wildman–Crippen LogP) is 20.1. The Morgan fingerprint density at radius 3 is 0.746 bits per heavy atom. The molecule has 0 spiro atoms. The van der Waals surface area contributed by atoms with E-state index in [0.29, 0.717) is 19.3 Å². The highest BCUT2D eigenvalue weighted by Crippen LogP contribution is 2.18. The summed E-state index contributed by atoms with van der Waals surface area (Å²) in [6.45, 7) is 6.61. The second-order valence-electron chi connectivity index (χ2n) is 20.6. The molecule has 1 atom stereocenters. The van der Waals surface area contributed by atoms with Crippen LogP contribution in [0.1, 0.15) is 342 Å². The zero-order valence-electron chi connectivity index (χ0n) is 45.5. The van der Waals surface area contributed by atoms with Gasteiger partial charge >= 0.3 is 17.9 Å². The minimum atomic E-state index is -0.759. The molecule has 0 aromatic heterocycles. The molecule has 0 aliphatic heterocycles. The first kappa shape index (κ1) is 65.1. The highest BCUT2D eigenvalue weighted by Gasteiger charge is 2.19. The molecule has 0 N–H and O–H groups in total. The maximum Gasteiger partial charge on any atom is 0.306 e. The van der Waals surface area contributed by atoms with Gasteiger partial charge in [0.05, 0.1) is 0 Å². The van der Waals surface area contributed by atoms with Crippen molar-refractivity contribution in [2.75, 3.05) is 13.2 Å². The van der Waals surface area contributed by atoms with E-state index in [1.54, 1.807) is 0 Å². The Kier molecular flexibility index (Phi) is 55.2. The van der Waals surface area contributed by atoms with Gasteiger partial charge in [-0.1, -0.05) is 290 Å². The van der Waals surface area contributed by atoms with Gasteiger partial charge < -0.3 is 14.2 Å². The van der Waals surface area contributed by atoms with Crippen LogP contribution in [0.25, 0.3) is 0 Å². The van der Waals surface area contributed by atoms with Gasteiger partial charge in [-0.05, 0) is 44.9 Å². The molecule has 396 valence electrons. The molecule has 0 rings (SSSR count). The molecule has 0 amide bonds. The normalized spacial score (nSPS) is 12.0. The molecule has 6 heteroatoms. The fourth-order valence-electron chi connectivity index (χ4n) is 9.21. The number of ether oxygens (including phenoxy) is 3. The molecule has 1 unspecified atom stereocenters. The van der Waals surface area contributed by atoms with Crippen LogP contribution >= 0.6 is 0 Å². The molecule has 6 nitrogen and oxygen atoms in total. The molecule has 0 radical (unpaired) electrons. The molecule has 67 heavy (non-hydrogen) atoms. The van der Waals surface area contributed by atoms with E-state index < -0.39 is 6.10 Å². The SMILES string of the molecule is CCCCCCCCCC/C=C\CCCCCCCCCCCCCCCCCCCCCCCC(=O)OCC(COC(=O)CCCCCCCC)OC(=O)CCCCCCCCCCCC. The maximum atomic E-state index is 12.7. The monoisotopic (exact) mass is 945 g/mol. The zero-order chi connectivity index (χ0) is 48.6. The second-order valence-corrected chi connectivity index (χ2v) is 20.6. The van der Waals surface area contributed by atoms with Gasteiger partial charge in [-0.3, -0.25) is 14.4 Å². The molecule has 0 saturated carbocycles. The summed E-state index contributed by atoms with van der Waals surface area (Å²) >= 11 is 0. The first-order chi connectivity index (χ1) is 33.0. The highest BCUT2D eigenvalue weighted by molar-refractivity contribution is 5.71. The molecular weight excluding hydrogens is 829 g/mol. The van der Waals surface area contributed by atoms with Crippen LogP contribution < -0.4 is 0 Å². The van der Waals surface area contributed by atoms with E-state index in [1.807, 2.05) is 0 Å². The van der Waals surface area contributed by atoms with Crippen LogP contribution in [0.3, 0.4) is 0 Å². The third kappa shape index (κ3) is 55.0. The van der Waals surface area contributed by atoms with Crippen LogP contribution in [0.5, 0.6) is 0 Å². The summed E-state index contributed by atoms with van der Waals surface area (Å²) in [5.74, 6) is -0.857. The zero-order valence-corrected chi connectivity index (χ0v) is 45.5. The van der Waals surface area contributed by atoms with Gasteiger partial charge in [0.1, 0.15) is 13.2 Å². The number of rotatable bonds is 56. The average molecular weight is 946 g/mol. The van der Waals surface area contributed by atoms with Crippen LogP contribution in [0, 0.1) is 0 Å². The molecule has 0 aromatic rings. The van der Waals surface area contributed by atoms with E-state index in [2.05, 4.69) is 32.9 Å². The third-order valence-electron chi connectivity index (χ3n) is 13.8. The van der Waals surface area contributed by atoms with Gasteiger partial charge in [0.25, 0.3) is 0 Å². The summed E-state index contributed by atoms with van der Waals surface area (Å²) in [7, 11) is 0. The first-order valence-corrected chi connectivity index (χ1v) is 30.2. The van der Waals surface area contributed by atoms with Crippen molar-refractivity contribution in [1.82, 2.24) is 0 Å². The minimum Gasteiger partial charge on any atom is -0.462 e. The Hall–Kier alpha value is -1.85. The molecule has 0 aliphatic carbocycles. The summed E-state index contributed by atoms with van der Waals surface area (Å²) in [4.78, 5) is 37.7. The van der Waals surface area contributed by atoms with E-state index in [4.69, 9.17) is 14.2 Å². The topological polar surface area (TPSA) is 78.9 Å². The third-order valence-corrected chi connectivity index (χ3v) is 13.8. The Balaban J connectivity index is 3.82. The second kappa shape index (κ2) is 56.7. The number of carbonyl (C=O) groups excluding carboxylic acids is 3. The molecule has 0 heterocycles. The summed E-state index contributed by atoms with van der Waals surface area (Å²) in [5.41, 5.74) is 0. The van der Waals surface area contributed by atoms with Crippen molar-refractivity contribution >= 4 is 17.9 Å². The Morgan fingerprint density at radius 2 is 0.493 bits per heavy atom. The number of esters is 3. The number of carbonyl (C=O) groups is 3. The van der Waals surface area contributed by atoms with Gasteiger partial charge in [-0.25, -0.2) is 0 Å². The molecule has 0 bridgehead atoms.